The van der Waals surface area contributed by atoms with E-state index in [2.05, 4.69) is 6.58 Å². The number of carbonyl (C=O) groups excluding carboxylic acids is 3. The quantitative estimate of drug-likeness (QED) is 0.393. The Morgan fingerprint density at radius 1 is 1.28 bits per heavy atom. The number of carboxylic acid groups (broad SMARTS) is 1. The number of ether oxygens (including phenoxy) is 4. The van der Waals surface area contributed by atoms with E-state index in [-0.39, 0.29) is 12.0 Å². The van der Waals surface area contributed by atoms with Crippen molar-refractivity contribution >= 4 is 23.9 Å². The predicted molar refractivity (Wildman–Crippen MR) is 78.0 cm³/mol. The first-order valence-corrected chi connectivity index (χ1v) is 7.85. The van der Waals surface area contributed by atoms with Gasteiger partial charge in [-0.25, -0.2) is 4.79 Å². The maximum Gasteiger partial charge on any atom is 0.333 e. The van der Waals surface area contributed by atoms with Crippen molar-refractivity contribution in [3.63, 3.8) is 0 Å². The Kier molecular flexibility index (Phi) is 4.28. The van der Waals surface area contributed by atoms with E-state index in [0.717, 1.165) is 0 Å². The normalized spacial score (nSPS) is 35.8. The molecule has 0 aromatic heterocycles. The van der Waals surface area contributed by atoms with Gasteiger partial charge in [-0.2, -0.15) is 0 Å². The summed E-state index contributed by atoms with van der Waals surface area (Å²) in [6, 6.07) is 0. The van der Waals surface area contributed by atoms with Gasteiger partial charge in [0.1, 0.15) is 30.1 Å². The summed E-state index contributed by atoms with van der Waals surface area (Å²) in [5.74, 6) is -5.13. The van der Waals surface area contributed by atoms with Crippen molar-refractivity contribution in [1.82, 2.24) is 0 Å². The van der Waals surface area contributed by atoms with Crippen molar-refractivity contribution in [2.24, 2.45) is 11.8 Å². The fraction of sp³-hybridized carbons (Fsp3) is 0.625. The van der Waals surface area contributed by atoms with Gasteiger partial charge in [-0.05, 0) is 13.8 Å². The number of carboxylic acids is 1. The first-order valence-electron chi connectivity index (χ1n) is 7.85. The average Bonchev–Trinajstić information content (AvgIpc) is 3.09. The number of aliphatic carboxylic acids is 1. The second-order valence-corrected chi connectivity index (χ2v) is 6.51. The molecule has 25 heavy (non-hydrogen) atoms. The lowest BCUT2D eigenvalue weighted by molar-refractivity contribution is -0.166. The zero-order valence-electron chi connectivity index (χ0n) is 13.7. The molecule has 0 amide bonds. The minimum atomic E-state index is -1.19. The van der Waals surface area contributed by atoms with Gasteiger partial charge >= 0.3 is 23.9 Å². The monoisotopic (exact) mass is 354 g/mol. The molecule has 0 aromatic rings. The van der Waals surface area contributed by atoms with Crippen LogP contribution in [0.2, 0.25) is 0 Å². The second kappa shape index (κ2) is 6.14. The molecule has 3 rings (SSSR count). The number of fused-ring (bicyclic) bond motifs is 1. The summed E-state index contributed by atoms with van der Waals surface area (Å²) in [5, 5.41) is 9.33. The van der Waals surface area contributed by atoms with Crippen molar-refractivity contribution in [2.45, 2.75) is 50.8 Å². The highest BCUT2D eigenvalue weighted by molar-refractivity contribution is 5.87. The molecular formula is C16H18O9. The van der Waals surface area contributed by atoms with Crippen molar-refractivity contribution in [3.8, 4) is 0 Å². The molecule has 136 valence electrons. The van der Waals surface area contributed by atoms with Crippen molar-refractivity contribution in [1.29, 1.82) is 0 Å². The van der Waals surface area contributed by atoms with Crippen LogP contribution in [0.3, 0.4) is 0 Å². The van der Waals surface area contributed by atoms with Crippen LogP contribution in [-0.4, -0.2) is 59.5 Å². The lowest BCUT2D eigenvalue weighted by atomic mass is 9.78. The molecule has 0 spiro atoms. The van der Waals surface area contributed by atoms with Crippen LogP contribution in [0.4, 0.5) is 0 Å². The highest BCUT2D eigenvalue weighted by Gasteiger charge is 2.71. The third-order valence-corrected chi connectivity index (χ3v) is 4.57. The van der Waals surface area contributed by atoms with E-state index in [1.807, 2.05) is 0 Å². The molecule has 7 unspecified atom stereocenters. The SMILES string of the molecule is C=C(C)C(=O)OC(C)CC(=O)OC1C2OC(=O)C3C2OC1C3C(=O)O. The van der Waals surface area contributed by atoms with Gasteiger partial charge < -0.3 is 24.1 Å². The zero-order chi connectivity index (χ0) is 18.5. The minimum Gasteiger partial charge on any atom is -0.481 e. The van der Waals surface area contributed by atoms with Gasteiger partial charge in [-0.15, -0.1) is 0 Å². The largest absolute Gasteiger partial charge is 0.481 e. The van der Waals surface area contributed by atoms with Crippen molar-refractivity contribution in [2.75, 3.05) is 0 Å². The number of hydrogen-bond acceptors (Lipinski definition) is 8. The molecule has 0 radical (unpaired) electrons. The molecule has 9 nitrogen and oxygen atoms in total. The Bertz CT molecular complexity index is 654. The van der Waals surface area contributed by atoms with Crippen LogP contribution < -0.4 is 0 Å². The van der Waals surface area contributed by atoms with Crippen LogP contribution in [-0.2, 0) is 38.1 Å². The fourth-order valence-corrected chi connectivity index (χ4v) is 3.51. The topological polar surface area (TPSA) is 125 Å². The Morgan fingerprint density at radius 2 is 1.96 bits per heavy atom. The van der Waals surface area contributed by atoms with Crippen LogP contribution in [0.1, 0.15) is 20.3 Å². The maximum absolute atomic E-state index is 12.1. The van der Waals surface area contributed by atoms with Crippen LogP contribution >= 0.6 is 0 Å². The summed E-state index contributed by atoms with van der Waals surface area (Å²) in [4.78, 5) is 46.8. The summed E-state index contributed by atoms with van der Waals surface area (Å²) in [5.41, 5.74) is 0.204. The van der Waals surface area contributed by atoms with E-state index in [0.29, 0.717) is 0 Å². The Morgan fingerprint density at radius 3 is 2.56 bits per heavy atom. The van der Waals surface area contributed by atoms with E-state index >= 15 is 0 Å². The van der Waals surface area contributed by atoms with Gasteiger partial charge in [-0.1, -0.05) is 6.58 Å². The molecule has 7 atom stereocenters. The van der Waals surface area contributed by atoms with E-state index in [1.54, 1.807) is 0 Å². The third kappa shape index (κ3) is 2.88. The maximum atomic E-state index is 12.1. The van der Waals surface area contributed by atoms with Gasteiger partial charge in [-0.3, -0.25) is 14.4 Å². The minimum absolute atomic E-state index is 0.204. The highest BCUT2D eigenvalue weighted by Crippen LogP contribution is 2.51. The average molecular weight is 354 g/mol. The number of hydrogen-bond donors (Lipinski definition) is 1. The van der Waals surface area contributed by atoms with Crippen LogP contribution in [0, 0.1) is 11.8 Å². The van der Waals surface area contributed by atoms with Crippen molar-refractivity contribution < 1.29 is 43.2 Å². The summed E-state index contributed by atoms with van der Waals surface area (Å²) < 4.78 is 20.9. The fourth-order valence-electron chi connectivity index (χ4n) is 3.51. The molecule has 0 aromatic carbocycles. The molecule has 2 bridgehead atoms. The summed E-state index contributed by atoms with van der Waals surface area (Å²) in [6.07, 6.45) is -4.39. The highest BCUT2D eigenvalue weighted by atomic mass is 16.7. The molecule has 9 heteroatoms. The van der Waals surface area contributed by atoms with E-state index < -0.39 is 66.2 Å². The Hall–Kier alpha value is -2.42. The van der Waals surface area contributed by atoms with Gasteiger partial charge in [0.05, 0.1) is 6.42 Å². The Balaban J connectivity index is 1.62. The molecule has 3 aliphatic heterocycles. The first kappa shape index (κ1) is 17.4. The van der Waals surface area contributed by atoms with Crippen LogP contribution in [0.5, 0.6) is 0 Å². The standard InChI is InChI=1S/C16H18O9/c1-5(2)15(20)22-6(3)4-7(17)23-12-10-8(14(18)19)9-11(24-10)13(12)25-16(9)21/h6,8-13H,1,4H2,2-3H3,(H,18,19). The Labute approximate surface area is 142 Å². The lowest BCUT2D eigenvalue weighted by Crippen LogP contribution is -2.47. The molecule has 1 N–H and O–H groups in total. The first-order chi connectivity index (χ1) is 11.7. The van der Waals surface area contributed by atoms with Crippen LogP contribution in [0.25, 0.3) is 0 Å². The van der Waals surface area contributed by atoms with Gasteiger partial charge in [0, 0.05) is 5.57 Å². The van der Waals surface area contributed by atoms with Crippen molar-refractivity contribution in [3.05, 3.63) is 12.2 Å². The van der Waals surface area contributed by atoms with Gasteiger partial charge in [0.25, 0.3) is 0 Å². The molecule has 0 aliphatic carbocycles. The number of esters is 3. The summed E-state index contributed by atoms with van der Waals surface area (Å²) in [6.45, 7) is 6.44. The van der Waals surface area contributed by atoms with E-state index in [4.69, 9.17) is 18.9 Å². The molecule has 3 fully saturated rings. The molecule has 3 heterocycles. The number of carbonyl (C=O) groups is 4. The smallest absolute Gasteiger partial charge is 0.333 e. The van der Waals surface area contributed by atoms with E-state index in [9.17, 15) is 24.3 Å². The van der Waals surface area contributed by atoms with Crippen LogP contribution in [0.15, 0.2) is 12.2 Å². The summed E-state index contributed by atoms with van der Waals surface area (Å²) in [7, 11) is 0. The molecule has 3 saturated heterocycles. The third-order valence-electron chi connectivity index (χ3n) is 4.57. The molecular weight excluding hydrogens is 336 g/mol. The predicted octanol–water partition coefficient (Wildman–Crippen LogP) is -0.180. The second-order valence-electron chi connectivity index (χ2n) is 6.51. The summed E-state index contributed by atoms with van der Waals surface area (Å²) >= 11 is 0. The molecule has 3 aliphatic rings. The van der Waals surface area contributed by atoms with Gasteiger partial charge in [0.2, 0.25) is 0 Å². The lowest BCUT2D eigenvalue weighted by Gasteiger charge is -2.26. The molecule has 0 saturated carbocycles. The number of rotatable bonds is 6. The van der Waals surface area contributed by atoms with E-state index in [1.165, 1.54) is 13.8 Å². The zero-order valence-corrected chi connectivity index (χ0v) is 13.7. The van der Waals surface area contributed by atoms with Gasteiger partial charge in [0.15, 0.2) is 12.2 Å².